The summed E-state index contributed by atoms with van der Waals surface area (Å²) < 4.78 is 0.950. The zero-order chi connectivity index (χ0) is 14.5. The van der Waals surface area contributed by atoms with Crippen LogP contribution in [-0.2, 0) is 4.79 Å². The van der Waals surface area contributed by atoms with Crippen molar-refractivity contribution in [2.75, 3.05) is 14.1 Å². The fourth-order valence-corrected chi connectivity index (χ4v) is 2.43. The first-order valence-corrected chi connectivity index (χ1v) is 6.78. The molecule has 1 aliphatic rings. The van der Waals surface area contributed by atoms with Gasteiger partial charge in [0.05, 0.1) is 20.1 Å². The molecule has 0 aromatic heterocycles. The molecular formula is C14H29NO3. The molecule has 18 heavy (non-hydrogen) atoms. The molecule has 0 spiro atoms. The number of quaternary nitrogens is 1. The standard InChI is InChI=1S/C12H26NO.C2H4O2/c1-9(2)13(4,5)11-8-10(3)6-7-12(11)14;1-2(3)4/h9-12,14H,6-8H2,1-5H3;1H3,(H,3,4)/q+1;/p-1. The maximum absolute atomic E-state index is 10.1. The van der Waals surface area contributed by atoms with Crippen molar-refractivity contribution in [1.82, 2.24) is 0 Å². The van der Waals surface area contributed by atoms with E-state index in [1.54, 1.807) is 0 Å². The highest BCUT2D eigenvalue weighted by molar-refractivity contribution is 5.60. The fourth-order valence-electron chi connectivity index (χ4n) is 2.43. The van der Waals surface area contributed by atoms with Gasteiger partial charge in [-0.05, 0) is 39.5 Å². The Balaban J connectivity index is 0.000000631. The van der Waals surface area contributed by atoms with Crippen LogP contribution >= 0.6 is 0 Å². The van der Waals surface area contributed by atoms with E-state index in [0.717, 1.165) is 23.7 Å². The first kappa shape index (κ1) is 17.4. The van der Waals surface area contributed by atoms with Crippen molar-refractivity contribution >= 4 is 5.97 Å². The van der Waals surface area contributed by atoms with Crippen LogP contribution in [0.4, 0.5) is 0 Å². The smallest absolute Gasteiger partial charge is 0.115 e. The number of carboxylic acid groups (broad SMARTS) is 1. The Morgan fingerprint density at radius 2 is 1.78 bits per heavy atom. The number of carbonyl (C=O) groups is 1. The zero-order valence-corrected chi connectivity index (χ0v) is 12.6. The summed E-state index contributed by atoms with van der Waals surface area (Å²) >= 11 is 0. The number of aliphatic hydroxyl groups is 1. The second kappa shape index (κ2) is 7.10. The Bertz CT molecular complexity index is 260. The molecule has 4 heteroatoms. The van der Waals surface area contributed by atoms with Crippen LogP contribution in [0.15, 0.2) is 0 Å². The Morgan fingerprint density at radius 1 is 1.33 bits per heavy atom. The third-order valence-electron chi connectivity index (χ3n) is 4.23. The quantitative estimate of drug-likeness (QED) is 0.745. The number of carboxylic acids is 1. The van der Waals surface area contributed by atoms with E-state index in [1.165, 1.54) is 12.8 Å². The lowest BCUT2D eigenvalue weighted by atomic mass is 9.83. The number of hydrogen-bond acceptors (Lipinski definition) is 3. The molecule has 1 fully saturated rings. The molecule has 0 aromatic carbocycles. The average molecular weight is 259 g/mol. The molecule has 0 aliphatic heterocycles. The van der Waals surface area contributed by atoms with Crippen molar-refractivity contribution in [3.63, 3.8) is 0 Å². The monoisotopic (exact) mass is 259 g/mol. The van der Waals surface area contributed by atoms with Gasteiger partial charge >= 0.3 is 0 Å². The molecule has 0 radical (unpaired) electrons. The number of carbonyl (C=O) groups excluding carboxylic acids is 1. The van der Waals surface area contributed by atoms with Crippen molar-refractivity contribution in [3.05, 3.63) is 0 Å². The van der Waals surface area contributed by atoms with Crippen LogP contribution in [0.1, 0.15) is 47.0 Å². The normalized spacial score (nSPS) is 28.6. The van der Waals surface area contributed by atoms with Crippen molar-refractivity contribution in [2.45, 2.75) is 65.1 Å². The van der Waals surface area contributed by atoms with Gasteiger partial charge in [-0.1, -0.05) is 6.92 Å². The predicted molar refractivity (Wildman–Crippen MR) is 70.7 cm³/mol. The molecule has 0 amide bonds. The zero-order valence-electron chi connectivity index (χ0n) is 12.6. The minimum atomic E-state index is -1.08. The molecule has 1 aliphatic carbocycles. The first-order valence-electron chi connectivity index (χ1n) is 6.78. The fraction of sp³-hybridized carbons (Fsp3) is 0.929. The summed E-state index contributed by atoms with van der Waals surface area (Å²) in [4.78, 5) is 8.89. The van der Waals surface area contributed by atoms with Gasteiger partial charge in [0.2, 0.25) is 0 Å². The SMILES string of the molecule is CC(=O)[O-].CC1CCC(O)C([N+](C)(C)C(C)C)C1. The van der Waals surface area contributed by atoms with Crippen LogP contribution in [0.3, 0.4) is 0 Å². The predicted octanol–water partition coefficient (Wildman–Crippen LogP) is 0.777. The van der Waals surface area contributed by atoms with E-state index in [9.17, 15) is 5.11 Å². The number of aliphatic carboxylic acids is 1. The van der Waals surface area contributed by atoms with E-state index in [1.807, 2.05) is 0 Å². The highest BCUT2D eigenvalue weighted by Crippen LogP contribution is 2.31. The summed E-state index contributed by atoms with van der Waals surface area (Å²) in [5.74, 6) is -0.306. The summed E-state index contributed by atoms with van der Waals surface area (Å²) in [6.07, 6.45) is 3.26. The van der Waals surface area contributed by atoms with Gasteiger partial charge in [0.15, 0.2) is 0 Å². The van der Waals surface area contributed by atoms with E-state index in [4.69, 9.17) is 9.90 Å². The average Bonchev–Trinajstić information content (AvgIpc) is 2.20. The maximum atomic E-state index is 10.1. The van der Waals surface area contributed by atoms with Crippen LogP contribution in [0.2, 0.25) is 0 Å². The Labute approximate surface area is 111 Å². The van der Waals surface area contributed by atoms with Crippen LogP contribution in [-0.4, -0.2) is 47.8 Å². The Morgan fingerprint density at radius 3 is 2.17 bits per heavy atom. The van der Waals surface area contributed by atoms with Gasteiger partial charge in [-0.25, -0.2) is 0 Å². The number of nitrogens with zero attached hydrogens (tertiary/aromatic N) is 1. The number of likely N-dealkylation sites (N-methyl/N-ethyl adjacent to an activating group) is 1. The lowest BCUT2D eigenvalue weighted by molar-refractivity contribution is -0.939. The first-order chi connectivity index (χ1) is 8.09. The second-order valence-corrected chi connectivity index (χ2v) is 6.27. The second-order valence-electron chi connectivity index (χ2n) is 6.27. The third kappa shape index (κ3) is 5.36. The lowest BCUT2D eigenvalue weighted by Crippen LogP contribution is -2.59. The molecule has 1 N–H and O–H groups in total. The molecule has 3 unspecified atom stereocenters. The van der Waals surface area contributed by atoms with Crippen molar-refractivity contribution in [1.29, 1.82) is 0 Å². The van der Waals surface area contributed by atoms with E-state index in [-0.39, 0.29) is 6.10 Å². The summed E-state index contributed by atoms with van der Waals surface area (Å²) in [5, 5.41) is 18.9. The molecule has 0 saturated heterocycles. The Hall–Kier alpha value is -0.610. The van der Waals surface area contributed by atoms with Gasteiger partial charge in [-0.2, -0.15) is 0 Å². The van der Waals surface area contributed by atoms with E-state index in [0.29, 0.717) is 12.1 Å². The summed E-state index contributed by atoms with van der Waals surface area (Å²) in [6.45, 7) is 7.76. The van der Waals surface area contributed by atoms with Gasteiger partial charge in [0, 0.05) is 12.4 Å². The van der Waals surface area contributed by atoms with Crippen molar-refractivity contribution < 1.29 is 19.5 Å². The van der Waals surface area contributed by atoms with Crippen LogP contribution in [0.5, 0.6) is 0 Å². The molecule has 4 nitrogen and oxygen atoms in total. The van der Waals surface area contributed by atoms with Crippen molar-refractivity contribution in [2.24, 2.45) is 5.92 Å². The largest absolute Gasteiger partial charge is 0.550 e. The molecule has 0 heterocycles. The van der Waals surface area contributed by atoms with E-state index in [2.05, 4.69) is 34.9 Å². The highest BCUT2D eigenvalue weighted by Gasteiger charge is 2.40. The molecule has 1 saturated carbocycles. The minimum Gasteiger partial charge on any atom is -0.550 e. The Kier molecular flexibility index (Phi) is 6.86. The van der Waals surface area contributed by atoms with E-state index < -0.39 is 5.97 Å². The molecule has 3 atom stereocenters. The van der Waals surface area contributed by atoms with Gasteiger partial charge in [-0.15, -0.1) is 0 Å². The molecule has 0 aromatic rings. The van der Waals surface area contributed by atoms with Gasteiger partial charge in [0.25, 0.3) is 0 Å². The van der Waals surface area contributed by atoms with Crippen LogP contribution < -0.4 is 5.11 Å². The summed E-state index contributed by atoms with van der Waals surface area (Å²) in [6, 6.07) is 1.01. The van der Waals surface area contributed by atoms with Gasteiger partial charge in [0.1, 0.15) is 12.1 Å². The maximum Gasteiger partial charge on any atom is 0.115 e. The van der Waals surface area contributed by atoms with Crippen LogP contribution in [0, 0.1) is 5.92 Å². The highest BCUT2D eigenvalue weighted by atomic mass is 16.4. The minimum absolute atomic E-state index is 0.0939. The lowest BCUT2D eigenvalue weighted by Gasteiger charge is -2.46. The summed E-state index contributed by atoms with van der Waals surface area (Å²) in [7, 11) is 4.49. The molecule has 1 rings (SSSR count). The van der Waals surface area contributed by atoms with Crippen molar-refractivity contribution in [3.8, 4) is 0 Å². The number of rotatable bonds is 2. The third-order valence-corrected chi connectivity index (χ3v) is 4.23. The van der Waals surface area contributed by atoms with Gasteiger partial charge < -0.3 is 19.5 Å². The molecule has 0 bridgehead atoms. The number of aliphatic hydroxyl groups excluding tert-OH is 1. The summed E-state index contributed by atoms with van der Waals surface area (Å²) in [5.41, 5.74) is 0. The van der Waals surface area contributed by atoms with Crippen LogP contribution in [0.25, 0.3) is 0 Å². The molecular weight excluding hydrogens is 230 g/mol. The topological polar surface area (TPSA) is 60.4 Å². The van der Waals surface area contributed by atoms with Gasteiger partial charge in [-0.3, -0.25) is 0 Å². The molecule has 108 valence electrons. The van der Waals surface area contributed by atoms with E-state index >= 15 is 0 Å². The number of hydrogen-bond donors (Lipinski definition) is 1.